The highest BCUT2D eigenvalue weighted by Crippen LogP contribution is 2.35. The third-order valence-electron chi connectivity index (χ3n) is 6.93. The fourth-order valence-corrected chi connectivity index (χ4v) is 5.95. The van der Waals surface area contributed by atoms with E-state index in [1.807, 2.05) is 30.6 Å². The number of pyridine rings is 3. The summed E-state index contributed by atoms with van der Waals surface area (Å²) < 4.78 is 6.24. The van der Waals surface area contributed by atoms with Crippen molar-refractivity contribution in [3.05, 3.63) is 60.0 Å². The number of aryl methyl sites for hydroxylation is 1. The van der Waals surface area contributed by atoms with Crippen molar-refractivity contribution in [1.82, 2.24) is 35.1 Å². The molecule has 0 atom stereocenters. The molecule has 9 heteroatoms. The van der Waals surface area contributed by atoms with Crippen molar-refractivity contribution in [3.63, 3.8) is 0 Å². The van der Waals surface area contributed by atoms with Crippen molar-refractivity contribution in [1.29, 1.82) is 0 Å². The van der Waals surface area contributed by atoms with Crippen molar-refractivity contribution < 1.29 is 4.74 Å². The number of aromatic amines is 2. The molecule has 7 rings (SSSR count). The first kappa shape index (κ1) is 22.1. The zero-order valence-corrected chi connectivity index (χ0v) is 21.2. The third-order valence-corrected chi connectivity index (χ3v) is 7.96. The van der Waals surface area contributed by atoms with Crippen LogP contribution in [-0.2, 0) is 0 Å². The van der Waals surface area contributed by atoms with E-state index in [1.54, 1.807) is 23.7 Å². The Kier molecular flexibility index (Phi) is 5.43. The fourth-order valence-electron chi connectivity index (χ4n) is 5.05. The minimum Gasteiger partial charge on any atom is -0.489 e. The molecule has 8 nitrogen and oxygen atoms in total. The second-order valence-corrected chi connectivity index (χ2v) is 10.8. The van der Waals surface area contributed by atoms with Crippen molar-refractivity contribution in [2.75, 3.05) is 0 Å². The van der Waals surface area contributed by atoms with E-state index in [2.05, 4.69) is 49.2 Å². The van der Waals surface area contributed by atoms with Crippen LogP contribution in [0.25, 0.3) is 55.3 Å². The van der Waals surface area contributed by atoms with E-state index in [1.165, 1.54) is 29.0 Å². The molecule has 1 saturated carbocycles. The van der Waals surface area contributed by atoms with Gasteiger partial charge in [-0.15, -0.1) is 11.3 Å². The van der Waals surface area contributed by atoms with Gasteiger partial charge in [-0.3, -0.25) is 15.1 Å². The number of hydrogen-bond donors (Lipinski definition) is 2. The number of rotatable bonds is 5. The molecule has 184 valence electrons. The third kappa shape index (κ3) is 4.15. The summed E-state index contributed by atoms with van der Waals surface area (Å²) >= 11 is 1.75. The summed E-state index contributed by atoms with van der Waals surface area (Å²) in [7, 11) is 0. The highest BCUT2D eigenvalue weighted by atomic mass is 32.1. The van der Waals surface area contributed by atoms with E-state index >= 15 is 0 Å². The number of fused-ring (bicyclic) bond motifs is 2. The van der Waals surface area contributed by atoms with Crippen molar-refractivity contribution in [2.24, 2.45) is 0 Å². The molecule has 37 heavy (non-hydrogen) atoms. The van der Waals surface area contributed by atoms with Crippen molar-refractivity contribution in [3.8, 4) is 39.0 Å². The Bertz CT molecular complexity index is 1730. The van der Waals surface area contributed by atoms with Crippen LogP contribution in [0.2, 0.25) is 0 Å². The molecule has 1 fully saturated rings. The Morgan fingerprint density at radius 2 is 1.92 bits per heavy atom. The van der Waals surface area contributed by atoms with Crippen LogP contribution in [0.4, 0.5) is 0 Å². The first-order valence-electron chi connectivity index (χ1n) is 12.6. The molecule has 0 unspecified atom stereocenters. The molecule has 0 aliphatic heterocycles. The van der Waals surface area contributed by atoms with Gasteiger partial charge in [0.2, 0.25) is 0 Å². The SMILES string of the molecule is Cc1ccc(-c2ccnc3[nH]c(-c4n[nH]c5cnc(-c6cncc(OC7CCCCC7)c6)cc45)nc23)s1. The number of H-pyrrole nitrogens is 2. The van der Waals surface area contributed by atoms with Gasteiger partial charge in [-0.25, -0.2) is 9.97 Å². The van der Waals surface area contributed by atoms with Gasteiger partial charge in [-0.1, -0.05) is 6.42 Å². The lowest BCUT2D eigenvalue weighted by molar-refractivity contribution is 0.154. The second kappa shape index (κ2) is 9.08. The maximum atomic E-state index is 6.24. The molecule has 0 aromatic carbocycles. The van der Waals surface area contributed by atoms with Crippen LogP contribution < -0.4 is 4.74 Å². The van der Waals surface area contributed by atoms with E-state index < -0.39 is 0 Å². The largest absolute Gasteiger partial charge is 0.489 e. The summed E-state index contributed by atoms with van der Waals surface area (Å²) in [5.41, 5.74) is 5.91. The maximum absolute atomic E-state index is 6.24. The fraction of sp³-hybridized carbons (Fsp3) is 0.250. The van der Waals surface area contributed by atoms with Crippen LogP contribution in [0.5, 0.6) is 5.75 Å². The highest BCUT2D eigenvalue weighted by molar-refractivity contribution is 7.15. The predicted molar refractivity (Wildman–Crippen MR) is 146 cm³/mol. The summed E-state index contributed by atoms with van der Waals surface area (Å²) in [5, 5.41) is 8.59. The molecule has 6 heterocycles. The predicted octanol–water partition coefficient (Wildman–Crippen LogP) is 6.71. The first-order valence-corrected chi connectivity index (χ1v) is 13.4. The number of ether oxygens (including phenoxy) is 1. The Balaban J connectivity index is 1.26. The van der Waals surface area contributed by atoms with Crippen LogP contribution in [0.15, 0.2) is 55.1 Å². The monoisotopic (exact) mass is 507 g/mol. The van der Waals surface area contributed by atoms with Crippen molar-refractivity contribution >= 4 is 33.4 Å². The minimum absolute atomic E-state index is 0.270. The summed E-state index contributed by atoms with van der Waals surface area (Å²) in [6.07, 6.45) is 13.5. The van der Waals surface area contributed by atoms with E-state index in [0.29, 0.717) is 5.82 Å². The normalized spacial score (nSPS) is 14.5. The molecule has 0 saturated heterocycles. The number of thiophene rings is 1. The zero-order chi connectivity index (χ0) is 24.8. The Labute approximate surface area is 217 Å². The lowest BCUT2D eigenvalue weighted by Crippen LogP contribution is -2.19. The van der Waals surface area contributed by atoms with Gasteiger partial charge in [-0.2, -0.15) is 5.10 Å². The smallest absolute Gasteiger partial charge is 0.160 e. The lowest BCUT2D eigenvalue weighted by Gasteiger charge is -2.22. The molecule has 0 amide bonds. The number of nitrogens with zero attached hydrogens (tertiary/aromatic N) is 5. The molecular weight excluding hydrogens is 482 g/mol. The van der Waals surface area contributed by atoms with Gasteiger partial charge >= 0.3 is 0 Å². The van der Waals surface area contributed by atoms with E-state index in [4.69, 9.17) is 9.72 Å². The summed E-state index contributed by atoms with van der Waals surface area (Å²) in [6.45, 7) is 2.11. The number of imidazole rings is 1. The highest BCUT2D eigenvalue weighted by Gasteiger charge is 2.18. The number of nitrogens with one attached hydrogen (secondary N) is 2. The first-order chi connectivity index (χ1) is 18.2. The second-order valence-electron chi connectivity index (χ2n) is 9.53. The maximum Gasteiger partial charge on any atom is 0.160 e. The van der Waals surface area contributed by atoms with E-state index in [9.17, 15) is 0 Å². The number of aromatic nitrogens is 7. The molecule has 0 radical (unpaired) electrons. The van der Waals surface area contributed by atoms with Crippen LogP contribution in [0.1, 0.15) is 37.0 Å². The topological polar surface area (TPSA) is 105 Å². The summed E-state index contributed by atoms with van der Waals surface area (Å²) in [6, 6.07) is 10.3. The lowest BCUT2D eigenvalue weighted by atomic mass is 9.98. The quantitative estimate of drug-likeness (QED) is 0.269. The summed E-state index contributed by atoms with van der Waals surface area (Å²) in [4.78, 5) is 24.3. The Morgan fingerprint density at radius 1 is 1.00 bits per heavy atom. The van der Waals surface area contributed by atoms with Gasteiger partial charge in [0.1, 0.15) is 17.0 Å². The van der Waals surface area contributed by atoms with Crippen LogP contribution in [0.3, 0.4) is 0 Å². The van der Waals surface area contributed by atoms with Gasteiger partial charge in [0.05, 0.1) is 29.7 Å². The Hall–Kier alpha value is -4.11. The average Bonchev–Trinajstić information content (AvgIpc) is 3.66. The van der Waals surface area contributed by atoms with Gasteiger partial charge in [0, 0.05) is 38.7 Å². The average molecular weight is 508 g/mol. The molecule has 6 aromatic heterocycles. The van der Waals surface area contributed by atoms with Gasteiger partial charge in [-0.05, 0) is 62.9 Å². The van der Waals surface area contributed by atoms with Crippen LogP contribution in [0, 0.1) is 6.92 Å². The molecule has 1 aliphatic rings. The number of hydrogen-bond acceptors (Lipinski definition) is 7. The minimum atomic E-state index is 0.270. The molecule has 2 N–H and O–H groups in total. The van der Waals surface area contributed by atoms with Crippen LogP contribution >= 0.6 is 11.3 Å². The van der Waals surface area contributed by atoms with Gasteiger partial charge in [0.15, 0.2) is 11.5 Å². The standard InChI is InChI=1S/C28H25N7OS/c1-16-7-8-24(37-16)20-9-10-30-27-25(20)32-28(33-27)26-21-12-22(31-15-23(21)34-35-26)17-11-19(14-29-13-17)36-18-5-3-2-4-6-18/h7-15,18H,2-6H2,1H3,(H,34,35)(H,30,32,33). The van der Waals surface area contributed by atoms with Crippen LogP contribution in [-0.4, -0.2) is 41.2 Å². The summed E-state index contributed by atoms with van der Waals surface area (Å²) in [5.74, 6) is 1.46. The zero-order valence-electron chi connectivity index (χ0n) is 20.4. The van der Waals surface area contributed by atoms with Gasteiger partial charge in [0.25, 0.3) is 0 Å². The molecule has 6 aromatic rings. The molecular formula is C28H25N7OS. The molecule has 0 bridgehead atoms. The Morgan fingerprint density at radius 3 is 2.78 bits per heavy atom. The van der Waals surface area contributed by atoms with E-state index in [0.717, 1.165) is 63.2 Å². The van der Waals surface area contributed by atoms with Crippen molar-refractivity contribution in [2.45, 2.75) is 45.1 Å². The van der Waals surface area contributed by atoms with E-state index in [-0.39, 0.29) is 6.10 Å². The van der Waals surface area contributed by atoms with Gasteiger partial charge < -0.3 is 9.72 Å². The molecule has 0 spiro atoms. The molecule has 1 aliphatic carbocycles.